The van der Waals surface area contributed by atoms with Gasteiger partial charge in [-0.3, -0.25) is 0 Å². The molecule has 0 bridgehead atoms. The Balaban J connectivity index is 0.935. The minimum absolute atomic E-state index is 0.166. The summed E-state index contributed by atoms with van der Waals surface area (Å²) in [4.78, 5) is 0. The molecule has 0 aromatic heterocycles. The van der Waals surface area contributed by atoms with Gasteiger partial charge in [-0.25, -0.2) is 0 Å². The van der Waals surface area contributed by atoms with Gasteiger partial charge in [0, 0.05) is 10.8 Å². The zero-order chi connectivity index (χ0) is 42.4. The van der Waals surface area contributed by atoms with Crippen molar-refractivity contribution < 1.29 is 0 Å². The molecular formula is C64H42. The topological polar surface area (TPSA) is 0 Å². The fourth-order valence-corrected chi connectivity index (χ4v) is 13.1. The third-order valence-electron chi connectivity index (χ3n) is 16.1. The Labute approximate surface area is 371 Å². The molecule has 0 atom stereocenters. The van der Waals surface area contributed by atoms with Gasteiger partial charge in [-0.15, -0.1) is 0 Å². The molecule has 0 aliphatic heterocycles. The van der Waals surface area contributed by atoms with Gasteiger partial charge >= 0.3 is 0 Å². The number of hydrogen-bond acceptors (Lipinski definition) is 0. The Morgan fingerprint density at radius 3 is 1.00 bits per heavy atom. The molecular weight excluding hydrogens is 769 g/mol. The van der Waals surface area contributed by atoms with Gasteiger partial charge in [-0.05, 0) is 177 Å². The average molecular weight is 811 g/mol. The molecule has 2 aliphatic rings. The first kappa shape index (κ1) is 35.0. The minimum Gasteiger partial charge on any atom is -0.0616 e. The summed E-state index contributed by atoms with van der Waals surface area (Å²) in [5.41, 5.74) is 16.0. The van der Waals surface area contributed by atoms with Crippen molar-refractivity contribution >= 4 is 86.2 Å². The van der Waals surface area contributed by atoms with E-state index in [2.05, 4.69) is 210 Å². The second-order valence-electron chi connectivity index (χ2n) is 19.9. The van der Waals surface area contributed by atoms with Crippen LogP contribution in [0.3, 0.4) is 0 Å². The predicted octanol–water partition coefficient (Wildman–Crippen LogP) is 17.7. The summed E-state index contributed by atoms with van der Waals surface area (Å²) < 4.78 is 0. The lowest BCUT2D eigenvalue weighted by atomic mass is 9.79. The Morgan fingerprint density at radius 1 is 0.250 bits per heavy atom. The van der Waals surface area contributed by atoms with E-state index in [1.54, 1.807) is 0 Å². The smallest absolute Gasteiger partial charge is 0.0159 e. The van der Waals surface area contributed by atoms with Crippen LogP contribution in [0.15, 0.2) is 182 Å². The molecule has 2 aliphatic carbocycles. The van der Waals surface area contributed by atoms with Crippen LogP contribution in [0.25, 0.3) is 131 Å². The summed E-state index contributed by atoms with van der Waals surface area (Å²) in [6, 6.07) is 70.1. The van der Waals surface area contributed by atoms with E-state index in [9.17, 15) is 0 Å². The largest absolute Gasteiger partial charge is 0.0616 e. The molecule has 0 N–H and O–H groups in total. The van der Waals surface area contributed by atoms with Crippen LogP contribution in [0.5, 0.6) is 0 Å². The van der Waals surface area contributed by atoms with E-state index in [0.717, 1.165) is 0 Å². The van der Waals surface area contributed by atoms with Crippen LogP contribution in [0.2, 0.25) is 0 Å². The van der Waals surface area contributed by atoms with Crippen LogP contribution in [-0.4, -0.2) is 0 Å². The molecule has 13 aromatic rings. The number of benzene rings is 13. The average Bonchev–Trinajstić information content (AvgIpc) is 3.69. The second-order valence-corrected chi connectivity index (χ2v) is 19.9. The van der Waals surface area contributed by atoms with E-state index in [1.807, 2.05) is 0 Å². The van der Waals surface area contributed by atoms with E-state index in [1.165, 1.54) is 153 Å². The van der Waals surface area contributed by atoms with Gasteiger partial charge in [0.25, 0.3) is 0 Å². The third-order valence-corrected chi connectivity index (χ3v) is 16.1. The lowest BCUT2D eigenvalue weighted by Crippen LogP contribution is -2.15. The zero-order valence-corrected chi connectivity index (χ0v) is 36.3. The molecule has 0 spiro atoms. The molecule has 0 heteroatoms. The van der Waals surface area contributed by atoms with Crippen LogP contribution >= 0.6 is 0 Å². The highest BCUT2D eigenvalue weighted by Crippen LogP contribution is 2.57. The molecule has 298 valence electrons. The van der Waals surface area contributed by atoms with Gasteiger partial charge in [0.05, 0.1) is 0 Å². The summed E-state index contributed by atoms with van der Waals surface area (Å²) in [5.74, 6) is 0. The fourth-order valence-electron chi connectivity index (χ4n) is 13.1. The van der Waals surface area contributed by atoms with E-state index in [0.29, 0.717) is 0 Å². The molecule has 0 radical (unpaired) electrons. The second kappa shape index (κ2) is 11.7. The van der Waals surface area contributed by atoms with Crippen molar-refractivity contribution in [3.8, 4) is 44.5 Å². The summed E-state index contributed by atoms with van der Waals surface area (Å²) in [6.07, 6.45) is 0. The Kier molecular flexibility index (Phi) is 6.41. The molecule has 0 saturated carbocycles. The number of hydrogen-bond donors (Lipinski definition) is 0. The van der Waals surface area contributed by atoms with Crippen molar-refractivity contribution in [1.29, 1.82) is 0 Å². The van der Waals surface area contributed by atoms with Crippen LogP contribution in [0.1, 0.15) is 49.9 Å². The molecule has 0 saturated heterocycles. The maximum Gasteiger partial charge on any atom is 0.0159 e. The van der Waals surface area contributed by atoms with Crippen molar-refractivity contribution in [3.63, 3.8) is 0 Å². The molecule has 15 rings (SSSR count). The fraction of sp³-hybridized carbons (Fsp3) is 0.0938. The monoisotopic (exact) mass is 810 g/mol. The normalized spacial score (nSPS) is 14.8. The molecule has 13 aromatic carbocycles. The van der Waals surface area contributed by atoms with Crippen molar-refractivity contribution in [2.45, 2.75) is 38.5 Å². The summed E-state index contributed by atoms with van der Waals surface area (Å²) in [7, 11) is 0. The van der Waals surface area contributed by atoms with Crippen LogP contribution in [0.4, 0.5) is 0 Å². The summed E-state index contributed by atoms with van der Waals surface area (Å²) in [6.45, 7) is 9.72. The maximum atomic E-state index is 2.53. The van der Waals surface area contributed by atoms with E-state index in [4.69, 9.17) is 0 Å². The van der Waals surface area contributed by atoms with Gasteiger partial charge in [0.1, 0.15) is 0 Å². The van der Waals surface area contributed by atoms with Crippen LogP contribution < -0.4 is 0 Å². The van der Waals surface area contributed by atoms with Crippen molar-refractivity contribution in [3.05, 3.63) is 204 Å². The summed E-state index contributed by atoms with van der Waals surface area (Å²) >= 11 is 0. The molecule has 0 unspecified atom stereocenters. The molecule has 64 heavy (non-hydrogen) atoms. The van der Waals surface area contributed by atoms with Crippen molar-refractivity contribution in [1.82, 2.24) is 0 Å². The first-order valence-electron chi connectivity index (χ1n) is 22.9. The van der Waals surface area contributed by atoms with Gasteiger partial charge in [-0.1, -0.05) is 185 Å². The molecule has 0 heterocycles. The molecule has 0 fully saturated rings. The minimum atomic E-state index is -0.166. The first-order valence-corrected chi connectivity index (χ1v) is 22.9. The highest BCUT2D eigenvalue weighted by molar-refractivity contribution is 6.28. The lowest BCUT2D eigenvalue weighted by molar-refractivity contribution is 0.661. The zero-order valence-electron chi connectivity index (χ0n) is 36.3. The number of fused-ring (bicyclic) bond motifs is 10. The van der Waals surface area contributed by atoms with E-state index >= 15 is 0 Å². The molecule has 0 nitrogen and oxygen atoms in total. The van der Waals surface area contributed by atoms with E-state index in [-0.39, 0.29) is 10.8 Å². The highest BCUT2D eigenvalue weighted by atomic mass is 14.4. The SMILES string of the molecule is CC1(C)c2cc(-c3c4ccccc4c(-c4ccc5c(c4)C(C)(C)c4cc6ccc7cccc8ccc(c4-5)c6c78)c4ccccc34)ccc2-c2c1cc1ccc3cccc4ccc2c1c34. The van der Waals surface area contributed by atoms with E-state index < -0.39 is 0 Å². The quantitative estimate of drug-likeness (QED) is 0.121. The Morgan fingerprint density at radius 2 is 0.609 bits per heavy atom. The Hall–Kier alpha value is -7.54. The molecule has 0 amide bonds. The standard InChI is InChI=1S/C64H42/c1-63(2)51-31-39(25-27-47(51)61-49-29-23-37-13-9-11-35-19-21-41(33-53(61)63)59(49)55(35)37)57-43-15-5-7-17-45(43)58(46-18-8-6-16-44(46)57)40-26-28-48-52(32-40)64(3,4)54-34-42-22-20-36-12-10-14-38-24-30-50(62(48)54)60(42)56(36)38/h5-34H,1-4H3. The number of rotatable bonds is 2. The lowest BCUT2D eigenvalue weighted by Gasteiger charge is -2.24. The van der Waals surface area contributed by atoms with Gasteiger partial charge in [0.2, 0.25) is 0 Å². The van der Waals surface area contributed by atoms with Crippen molar-refractivity contribution in [2.75, 3.05) is 0 Å². The van der Waals surface area contributed by atoms with Gasteiger partial charge in [0.15, 0.2) is 0 Å². The van der Waals surface area contributed by atoms with Gasteiger partial charge in [-0.2, -0.15) is 0 Å². The van der Waals surface area contributed by atoms with Crippen LogP contribution in [0, 0.1) is 0 Å². The maximum absolute atomic E-state index is 2.53. The van der Waals surface area contributed by atoms with Gasteiger partial charge < -0.3 is 0 Å². The predicted molar refractivity (Wildman–Crippen MR) is 275 cm³/mol. The Bertz CT molecular complexity index is 3870. The van der Waals surface area contributed by atoms with Crippen molar-refractivity contribution in [2.24, 2.45) is 0 Å². The first-order chi connectivity index (χ1) is 31.3. The highest BCUT2D eigenvalue weighted by Gasteiger charge is 2.39. The summed E-state index contributed by atoms with van der Waals surface area (Å²) in [5, 5.41) is 21.3. The third kappa shape index (κ3) is 4.20. The van der Waals surface area contributed by atoms with Crippen LogP contribution in [-0.2, 0) is 10.8 Å².